The molecule has 1 aromatic rings. The molecule has 0 unspecified atom stereocenters. The molecule has 0 aromatic heterocycles. The van der Waals surface area contributed by atoms with Crippen LogP contribution in [-0.2, 0) is 4.74 Å². The van der Waals surface area contributed by atoms with Crippen molar-refractivity contribution in [2.45, 2.75) is 38.6 Å². The fraction of sp³-hybridized carbons (Fsp3) is 0.562. The van der Waals surface area contributed by atoms with Crippen LogP contribution in [0.4, 0.5) is 10.5 Å². The van der Waals surface area contributed by atoms with E-state index < -0.39 is 0 Å². The molecule has 1 saturated heterocycles. The molecule has 5 heteroatoms. The Balaban J connectivity index is 1.84. The molecule has 1 atom stereocenters. The number of hydrogen-bond acceptors (Lipinski definition) is 4. The summed E-state index contributed by atoms with van der Waals surface area (Å²) in [5, 5.41) is 12.8. The van der Waals surface area contributed by atoms with Crippen molar-refractivity contribution in [1.29, 1.82) is 0 Å². The average molecular weight is 292 g/mol. The van der Waals surface area contributed by atoms with Gasteiger partial charge in [-0.25, -0.2) is 4.79 Å². The van der Waals surface area contributed by atoms with E-state index >= 15 is 0 Å². The summed E-state index contributed by atoms with van der Waals surface area (Å²) in [6.07, 6.45) is 3.68. The Labute approximate surface area is 125 Å². The number of phenols is 1. The Morgan fingerprint density at radius 3 is 3.14 bits per heavy atom. The summed E-state index contributed by atoms with van der Waals surface area (Å²) in [6.45, 7) is 3.96. The van der Waals surface area contributed by atoms with E-state index in [9.17, 15) is 9.90 Å². The summed E-state index contributed by atoms with van der Waals surface area (Å²) in [5.41, 5.74) is 0.876. The van der Waals surface area contributed by atoms with Crippen LogP contribution in [-0.4, -0.2) is 41.8 Å². The van der Waals surface area contributed by atoms with Gasteiger partial charge in [-0.05, 0) is 31.4 Å². The number of likely N-dealkylation sites (tertiary alicyclic amines) is 1. The Kier molecular flexibility index (Phi) is 5.72. The van der Waals surface area contributed by atoms with Crippen LogP contribution in [0.3, 0.4) is 0 Å². The number of phenolic OH excluding ortho intramolecular Hbond substituents is 1. The monoisotopic (exact) mass is 292 g/mol. The van der Waals surface area contributed by atoms with Crippen molar-refractivity contribution in [1.82, 2.24) is 4.90 Å². The highest BCUT2D eigenvalue weighted by molar-refractivity contribution is 5.68. The van der Waals surface area contributed by atoms with E-state index in [0.29, 0.717) is 13.2 Å². The average Bonchev–Trinajstić information content (AvgIpc) is 2.48. The van der Waals surface area contributed by atoms with Crippen LogP contribution in [0.25, 0.3) is 0 Å². The van der Waals surface area contributed by atoms with E-state index in [1.165, 1.54) is 0 Å². The van der Waals surface area contributed by atoms with Crippen LogP contribution in [0.15, 0.2) is 24.3 Å². The third kappa shape index (κ3) is 4.85. The number of ether oxygens (including phenoxy) is 1. The van der Waals surface area contributed by atoms with Crippen molar-refractivity contribution in [3.8, 4) is 5.75 Å². The lowest BCUT2D eigenvalue weighted by Gasteiger charge is -2.33. The molecule has 0 aliphatic carbocycles. The van der Waals surface area contributed by atoms with Gasteiger partial charge in [-0.3, -0.25) is 0 Å². The molecule has 2 rings (SSSR count). The topological polar surface area (TPSA) is 61.8 Å². The van der Waals surface area contributed by atoms with E-state index in [4.69, 9.17) is 4.74 Å². The summed E-state index contributed by atoms with van der Waals surface area (Å²) in [4.78, 5) is 13.7. The smallest absolute Gasteiger partial charge is 0.409 e. The van der Waals surface area contributed by atoms with E-state index in [0.717, 1.165) is 37.9 Å². The Hall–Kier alpha value is -1.91. The summed E-state index contributed by atoms with van der Waals surface area (Å²) in [6, 6.07) is 7.25. The summed E-state index contributed by atoms with van der Waals surface area (Å²) in [5.74, 6) is 0.242. The predicted octanol–water partition coefficient (Wildman–Crippen LogP) is 3.21. The molecular formula is C16H24N2O3. The van der Waals surface area contributed by atoms with Crippen LogP contribution >= 0.6 is 0 Å². The molecule has 1 aromatic carbocycles. The van der Waals surface area contributed by atoms with Gasteiger partial charge in [-0.1, -0.05) is 19.4 Å². The minimum absolute atomic E-state index is 0.194. The van der Waals surface area contributed by atoms with Gasteiger partial charge in [0.05, 0.1) is 6.61 Å². The first kappa shape index (κ1) is 15.5. The minimum Gasteiger partial charge on any atom is -0.508 e. The molecule has 2 N–H and O–H groups in total. The maximum absolute atomic E-state index is 12.0. The van der Waals surface area contributed by atoms with Crippen molar-refractivity contribution >= 4 is 11.8 Å². The number of hydrogen-bond donors (Lipinski definition) is 2. The van der Waals surface area contributed by atoms with E-state index in [1.54, 1.807) is 23.1 Å². The highest BCUT2D eigenvalue weighted by Gasteiger charge is 2.24. The molecule has 0 saturated carbocycles. The molecule has 21 heavy (non-hydrogen) atoms. The zero-order chi connectivity index (χ0) is 15.1. The molecule has 1 aliphatic heterocycles. The molecule has 0 radical (unpaired) electrons. The van der Waals surface area contributed by atoms with Gasteiger partial charge in [0, 0.05) is 30.9 Å². The number of amides is 1. The SMILES string of the molecule is CCCCOC(=O)N1CCC[C@@H](Nc2cccc(O)c2)C1. The third-order valence-corrected chi connectivity index (χ3v) is 3.62. The summed E-state index contributed by atoms with van der Waals surface area (Å²) < 4.78 is 5.26. The van der Waals surface area contributed by atoms with Crippen LogP contribution < -0.4 is 5.32 Å². The first-order chi connectivity index (χ1) is 10.2. The number of aromatic hydroxyl groups is 1. The molecule has 0 bridgehead atoms. The number of benzene rings is 1. The Morgan fingerprint density at radius 2 is 2.38 bits per heavy atom. The first-order valence-corrected chi connectivity index (χ1v) is 7.66. The van der Waals surface area contributed by atoms with Crippen LogP contribution in [0.2, 0.25) is 0 Å². The van der Waals surface area contributed by atoms with Crippen LogP contribution in [0, 0.1) is 0 Å². The zero-order valence-electron chi connectivity index (χ0n) is 12.5. The van der Waals surface area contributed by atoms with E-state index in [2.05, 4.69) is 12.2 Å². The number of nitrogens with one attached hydrogen (secondary N) is 1. The maximum Gasteiger partial charge on any atom is 0.409 e. The van der Waals surface area contributed by atoms with Crippen LogP contribution in [0.1, 0.15) is 32.6 Å². The van der Waals surface area contributed by atoms with E-state index in [-0.39, 0.29) is 17.9 Å². The predicted molar refractivity (Wildman–Crippen MR) is 82.6 cm³/mol. The molecule has 0 spiro atoms. The lowest BCUT2D eigenvalue weighted by molar-refractivity contribution is 0.0920. The van der Waals surface area contributed by atoms with Gasteiger partial charge < -0.3 is 20.1 Å². The van der Waals surface area contributed by atoms with Gasteiger partial charge in [0.25, 0.3) is 0 Å². The summed E-state index contributed by atoms with van der Waals surface area (Å²) >= 11 is 0. The second-order valence-corrected chi connectivity index (χ2v) is 5.45. The second-order valence-electron chi connectivity index (χ2n) is 5.45. The van der Waals surface area contributed by atoms with Crippen molar-refractivity contribution < 1.29 is 14.6 Å². The fourth-order valence-electron chi connectivity index (χ4n) is 2.49. The van der Waals surface area contributed by atoms with Gasteiger partial charge in [-0.2, -0.15) is 0 Å². The van der Waals surface area contributed by atoms with Gasteiger partial charge >= 0.3 is 6.09 Å². The van der Waals surface area contributed by atoms with Crippen molar-refractivity contribution in [3.05, 3.63) is 24.3 Å². The molecule has 1 heterocycles. The second kappa shape index (κ2) is 7.76. The normalized spacial score (nSPS) is 18.3. The number of nitrogens with zero attached hydrogens (tertiary/aromatic N) is 1. The number of carbonyl (C=O) groups excluding carboxylic acids is 1. The standard InChI is InChI=1S/C16H24N2O3/c1-2-3-10-21-16(20)18-9-5-7-14(12-18)17-13-6-4-8-15(19)11-13/h4,6,8,11,14,17,19H,2-3,5,7,9-10,12H2,1H3/t14-/m1/s1. The van der Waals surface area contributed by atoms with Crippen molar-refractivity contribution in [2.24, 2.45) is 0 Å². The van der Waals surface area contributed by atoms with Crippen LogP contribution in [0.5, 0.6) is 5.75 Å². The summed E-state index contributed by atoms with van der Waals surface area (Å²) in [7, 11) is 0. The molecular weight excluding hydrogens is 268 g/mol. The van der Waals surface area contributed by atoms with Crippen molar-refractivity contribution in [2.75, 3.05) is 25.0 Å². The van der Waals surface area contributed by atoms with Gasteiger partial charge in [0.15, 0.2) is 0 Å². The number of anilines is 1. The lowest BCUT2D eigenvalue weighted by atomic mass is 10.1. The fourth-order valence-corrected chi connectivity index (χ4v) is 2.49. The Morgan fingerprint density at radius 1 is 1.52 bits per heavy atom. The minimum atomic E-state index is -0.217. The van der Waals surface area contributed by atoms with Gasteiger partial charge in [0.2, 0.25) is 0 Å². The highest BCUT2D eigenvalue weighted by Crippen LogP contribution is 2.20. The molecule has 116 valence electrons. The molecule has 1 aliphatic rings. The quantitative estimate of drug-likeness (QED) is 0.818. The largest absolute Gasteiger partial charge is 0.508 e. The highest BCUT2D eigenvalue weighted by atomic mass is 16.6. The number of unbranched alkanes of at least 4 members (excludes halogenated alkanes) is 1. The van der Waals surface area contributed by atoms with Gasteiger partial charge in [0.1, 0.15) is 5.75 Å². The Bertz CT molecular complexity index is 465. The first-order valence-electron chi connectivity index (χ1n) is 7.66. The van der Waals surface area contributed by atoms with Crippen molar-refractivity contribution in [3.63, 3.8) is 0 Å². The lowest BCUT2D eigenvalue weighted by Crippen LogP contribution is -2.45. The molecule has 1 fully saturated rings. The number of carbonyl (C=O) groups is 1. The molecule has 1 amide bonds. The zero-order valence-corrected chi connectivity index (χ0v) is 12.5. The third-order valence-electron chi connectivity index (χ3n) is 3.62. The molecule has 5 nitrogen and oxygen atoms in total. The maximum atomic E-state index is 12.0. The van der Waals surface area contributed by atoms with E-state index in [1.807, 2.05) is 6.07 Å². The number of piperidine rings is 1. The van der Waals surface area contributed by atoms with Gasteiger partial charge in [-0.15, -0.1) is 0 Å². The number of rotatable bonds is 5.